The summed E-state index contributed by atoms with van der Waals surface area (Å²) in [6.45, 7) is 9.00. The normalized spacial score (nSPS) is 16.2. The lowest BCUT2D eigenvalue weighted by Gasteiger charge is -2.40. The van der Waals surface area contributed by atoms with Crippen molar-refractivity contribution in [3.05, 3.63) is 35.1 Å². The molecule has 1 saturated heterocycles. The molecule has 0 N–H and O–H groups in total. The van der Waals surface area contributed by atoms with Crippen LogP contribution in [0.5, 0.6) is 0 Å². The highest BCUT2D eigenvalue weighted by Crippen LogP contribution is 2.36. The maximum atomic E-state index is 6.07. The molecular weight excluding hydrogens is 256 g/mol. The number of anilines is 1. The maximum absolute atomic E-state index is 6.07. The first kappa shape index (κ1) is 12.7. The van der Waals surface area contributed by atoms with E-state index in [0.29, 0.717) is 11.1 Å². The molecular formula is C16H19ClN2. The summed E-state index contributed by atoms with van der Waals surface area (Å²) in [4.78, 5) is 6.69. The number of benzene rings is 1. The van der Waals surface area contributed by atoms with Crippen LogP contribution in [0.4, 0.5) is 5.69 Å². The summed E-state index contributed by atoms with van der Waals surface area (Å²) in [5.74, 6) is 1.28. The van der Waals surface area contributed by atoms with Crippen molar-refractivity contribution in [3.8, 4) is 0 Å². The van der Waals surface area contributed by atoms with E-state index >= 15 is 0 Å². The molecule has 0 radical (unpaired) electrons. The summed E-state index contributed by atoms with van der Waals surface area (Å²) >= 11 is 6.07. The summed E-state index contributed by atoms with van der Waals surface area (Å²) in [5, 5.41) is 3.04. The van der Waals surface area contributed by atoms with Crippen LogP contribution in [-0.4, -0.2) is 18.1 Å². The van der Waals surface area contributed by atoms with Crippen LogP contribution < -0.4 is 4.90 Å². The lowest BCUT2D eigenvalue weighted by Crippen LogP contribution is -2.45. The second-order valence-corrected chi connectivity index (χ2v) is 6.28. The first-order valence-corrected chi connectivity index (χ1v) is 7.27. The van der Waals surface area contributed by atoms with Crippen LogP contribution in [0.25, 0.3) is 10.8 Å². The van der Waals surface area contributed by atoms with E-state index in [1.165, 1.54) is 22.0 Å². The van der Waals surface area contributed by atoms with Crippen molar-refractivity contribution >= 4 is 28.1 Å². The van der Waals surface area contributed by atoms with Gasteiger partial charge >= 0.3 is 0 Å². The lowest BCUT2D eigenvalue weighted by atomic mass is 9.94. The van der Waals surface area contributed by atoms with Gasteiger partial charge in [0.15, 0.2) is 0 Å². The van der Waals surface area contributed by atoms with Crippen LogP contribution in [0, 0.1) is 5.92 Å². The summed E-state index contributed by atoms with van der Waals surface area (Å²) in [6.07, 6.45) is 1.92. The van der Waals surface area contributed by atoms with E-state index in [2.05, 4.69) is 42.8 Å². The number of nitrogens with zero attached hydrogens (tertiary/aromatic N) is 2. The van der Waals surface area contributed by atoms with Crippen LogP contribution in [0.2, 0.25) is 5.15 Å². The highest BCUT2D eigenvalue weighted by Gasteiger charge is 2.24. The van der Waals surface area contributed by atoms with Crippen molar-refractivity contribution in [1.82, 2.24) is 4.98 Å². The number of pyridine rings is 1. The molecule has 1 aliphatic rings. The fourth-order valence-corrected chi connectivity index (χ4v) is 3.05. The SMILES string of the molecule is CC1CN(c2ccc(C(C)C)c3cc(Cl)ncc23)C1. The number of hydrogen-bond donors (Lipinski definition) is 0. The van der Waals surface area contributed by atoms with Crippen LogP contribution >= 0.6 is 11.6 Å². The molecule has 1 aromatic carbocycles. The Kier molecular flexibility index (Phi) is 3.14. The van der Waals surface area contributed by atoms with Crippen LogP contribution in [0.15, 0.2) is 24.4 Å². The van der Waals surface area contributed by atoms with E-state index < -0.39 is 0 Å². The van der Waals surface area contributed by atoms with Crippen LogP contribution in [0.3, 0.4) is 0 Å². The van der Waals surface area contributed by atoms with Crippen molar-refractivity contribution in [1.29, 1.82) is 0 Å². The summed E-state index contributed by atoms with van der Waals surface area (Å²) in [5.41, 5.74) is 2.64. The topological polar surface area (TPSA) is 16.1 Å². The van der Waals surface area contributed by atoms with Gasteiger partial charge in [0, 0.05) is 30.4 Å². The van der Waals surface area contributed by atoms with Gasteiger partial charge in [-0.3, -0.25) is 0 Å². The van der Waals surface area contributed by atoms with Gasteiger partial charge in [-0.15, -0.1) is 0 Å². The van der Waals surface area contributed by atoms with E-state index in [1.54, 1.807) is 0 Å². The molecule has 19 heavy (non-hydrogen) atoms. The molecule has 0 saturated carbocycles. The van der Waals surface area contributed by atoms with E-state index in [1.807, 2.05) is 12.3 Å². The van der Waals surface area contributed by atoms with Gasteiger partial charge in [-0.2, -0.15) is 0 Å². The first-order chi connectivity index (χ1) is 9.06. The van der Waals surface area contributed by atoms with E-state index in [4.69, 9.17) is 11.6 Å². The van der Waals surface area contributed by atoms with Gasteiger partial charge in [0.1, 0.15) is 5.15 Å². The third-order valence-electron chi connectivity index (χ3n) is 3.91. The molecule has 0 unspecified atom stereocenters. The molecule has 0 atom stereocenters. The monoisotopic (exact) mass is 274 g/mol. The van der Waals surface area contributed by atoms with Gasteiger partial charge in [-0.05, 0) is 34.9 Å². The molecule has 0 aliphatic carbocycles. The number of fused-ring (bicyclic) bond motifs is 1. The minimum Gasteiger partial charge on any atom is -0.370 e. The molecule has 2 nitrogen and oxygen atoms in total. The minimum absolute atomic E-state index is 0.491. The molecule has 3 rings (SSSR count). The lowest BCUT2D eigenvalue weighted by molar-refractivity contribution is 0.448. The van der Waals surface area contributed by atoms with Gasteiger partial charge < -0.3 is 4.90 Å². The standard InChI is InChI=1S/C16H19ClN2/c1-10(2)12-4-5-15(19-8-11(3)9-19)14-7-18-16(17)6-13(12)14/h4-7,10-11H,8-9H2,1-3H3. The molecule has 1 aliphatic heterocycles. The van der Waals surface area contributed by atoms with Gasteiger partial charge in [0.2, 0.25) is 0 Å². The summed E-state index contributed by atoms with van der Waals surface area (Å²) < 4.78 is 0. The van der Waals surface area contributed by atoms with Crippen molar-refractivity contribution in [2.75, 3.05) is 18.0 Å². The van der Waals surface area contributed by atoms with Crippen molar-refractivity contribution in [3.63, 3.8) is 0 Å². The summed E-state index contributed by atoms with van der Waals surface area (Å²) in [6, 6.07) is 6.47. The van der Waals surface area contributed by atoms with Crippen molar-refractivity contribution in [2.24, 2.45) is 5.92 Å². The van der Waals surface area contributed by atoms with Crippen molar-refractivity contribution in [2.45, 2.75) is 26.7 Å². The van der Waals surface area contributed by atoms with Crippen LogP contribution in [-0.2, 0) is 0 Å². The van der Waals surface area contributed by atoms with Gasteiger partial charge in [-0.25, -0.2) is 4.98 Å². The molecule has 2 aromatic rings. The minimum atomic E-state index is 0.491. The Morgan fingerprint density at radius 3 is 2.63 bits per heavy atom. The van der Waals surface area contributed by atoms with E-state index in [-0.39, 0.29) is 0 Å². The number of halogens is 1. The highest BCUT2D eigenvalue weighted by molar-refractivity contribution is 6.30. The Hall–Kier alpha value is -1.28. The average Bonchev–Trinajstić information content (AvgIpc) is 2.33. The zero-order valence-electron chi connectivity index (χ0n) is 11.7. The van der Waals surface area contributed by atoms with E-state index in [0.717, 1.165) is 19.0 Å². The number of hydrogen-bond acceptors (Lipinski definition) is 2. The fraction of sp³-hybridized carbons (Fsp3) is 0.438. The predicted octanol–water partition coefficient (Wildman–Crippen LogP) is 4.47. The van der Waals surface area contributed by atoms with Gasteiger partial charge in [0.25, 0.3) is 0 Å². The predicted molar refractivity (Wildman–Crippen MR) is 82.2 cm³/mol. The highest BCUT2D eigenvalue weighted by atomic mass is 35.5. The fourth-order valence-electron chi connectivity index (χ4n) is 2.90. The van der Waals surface area contributed by atoms with Gasteiger partial charge in [-0.1, -0.05) is 38.4 Å². The Labute approximate surface area is 119 Å². The second-order valence-electron chi connectivity index (χ2n) is 5.89. The van der Waals surface area contributed by atoms with Crippen molar-refractivity contribution < 1.29 is 0 Å². The largest absolute Gasteiger partial charge is 0.370 e. The average molecular weight is 275 g/mol. The van der Waals surface area contributed by atoms with E-state index in [9.17, 15) is 0 Å². The molecule has 3 heteroatoms. The molecule has 0 spiro atoms. The third kappa shape index (κ3) is 2.18. The maximum Gasteiger partial charge on any atom is 0.129 e. The third-order valence-corrected chi connectivity index (χ3v) is 4.11. The molecule has 0 amide bonds. The number of aromatic nitrogens is 1. The second kappa shape index (κ2) is 4.68. The first-order valence-electron chi connectivity index (χ1n) is 6.89. The van der Waals surface area contributed by atoms with Crippen LogP contribution in [0.1, 0.15) is 32.3 Å². The quantitative estimate of drug-likeness (QED) is 0.751. The van der Waals surface area contributed by atoms with Gasteiger partial charge in [0.05, 0.1) is 0 Å². The zero-order chi connectivity index (χ0) is 13.6. The molecule has 1 aromatic heterocycles. The Morgan fingerprint density at radius 2 is 2.00 bits per heavy atom. The molecule has 100 valence electrons. The summed E-state index contributed by atoms with van der Waals surface area (Å²) in [7, 11) is 0. The zero-order valence-corrected chi connectivity index (χ0v) is 12.4. The molecule has 1 fully saturated rings. The molecule has 2 heterocycles. The number of rotatable bonds is 2. The Bertz CT molecular complexity index is 615. The smallest absolute Gasteiger partial charge is 0.129 e. The Morgan fingerprint density at radius 1 is 1.26 bits per heavy atom. The molecule has 0 bridgehead atoms. The Balaban J connectivity index is 2.17.